The topological polar surface area (TPSA) is 166 Å². The Hall–Kier alpha value is -5.52. The molecule has 1 amide bonds. The number of fused-ring (bicyclic) bond motifs is 2. The quantitative estimate of drug-likeness (QED) is 0.0857. The van der Waals surface area contributed by atoms with Gasteiger partial charge in [-0.15, -0.1) is 0 Å². The van der Waals surface area contributed by atoms with Crippen molar-refractivity contribution in [2.75, 3.05) is 77.5 Å². The van der Waals surface area contributed by atoms with Crippen molar-refractivity contribution in [3.8, 4) is 17.2 Å². The lowest BCUT2D eigenvalue weighted by atomic mass is 9.72. The van der Waals surface area contributed by atoms with E-state index in [1.807, 2.05) is 18.2 Å². The highest BCUT2D eigenvalue weighted by Crippen LogP contribution is 2.44. The van der Waals surface area contributed by atoms with Crippen LogP contribution in [0, 0.1) is 21.4 Å². The number of hydrogen-bond acceptors (Lipinski definition) is 12. The number of amides is 1. The van der Waals surface area contributed by atoms with Gasteiger partial charge in [-0.25, -0.2) is 18.1 Å². The highest BCUT2D eigenvalue weighted by atomic mass is 35.5. The molecular formula is C50H59ClN8O7S. The van der Waals surface area contributed by atoms with Crippen LogP contribution < -0.4 is 19.1 Å². The van der Waals surface area contributed by atoms with Crippen LogP contribution in [0.3, 0.4) is 0 Å². The number of nitrogens with one attached hydrogen (secondary N) is 2. The number of nitro benzene ring substituents is 1. The molecule has 5 aromatic rings. The maximum Gasteiger partial charge on any atom is 0.277 e. The molecular weight excluding hydrogens is 892 g/mol. The van der Waals surface area contributed by atoms with E-state index in [1.54, 1.807) is 30.5 Å². The van der Waals surface area contributed by atoms with Gasteiger partial charge in [0.05, 0.1) is 33.7 Å². The molecule has 67 heavy (non-hydrogen) atoms. The molecule has 2 atom stereocenters. The number of aromatic nitrogens is 2. The Bertz CT molecular complexity index is 2810. The number of allylic oxidation sites excluding steroid dienone is 1. The van der Waals surface area contributed by atoms with E-state index >= 15 is 0 Å². The van der Waals surface area contributed by atoms with Gasteiger partial charge in [0.1, 0.15) is 22.9 Å². The Morgan fingerprint density at radius 3 is 2.57 bits per heavy atom. The maximum atomic E-state index is 14.1. The van der Waals surface area contributed by atoms with Crippen molar-refractivity contribution in [1.29, 1.82) is 0 Å². The number of H-pyrrole nitrogens is 1. The van der Waals surface area contributed by atoms with Gasteiger partial charge in [0.25, 0.3) is 21.6 Å². The molecule has 354 valence electrons. The van der Waals surface area contributed by atoms with Crippen LogP contribution in [0.25, 0.3) is 16.6 Å². The summed E-state index contributed by atoms with van der Waals surface area (Å²) in [5, 5.41) is 14.0. The highest BCUT2D eigenvalue weighted by Gasteiger charge is 2.34. The highest BCUT2D eigenvalue weighted by molar-refractivity contribution is 7.90. The van der Waals surface area contributed by atoms with Crippen LogP contribution in [0.15, 0.2) is 89.6 Å². The summed E-state index contributed by atoms with van der Waals surface area (Å²) in [5.41, 5.74) is 5.77. The van der Waals surface area contributed by atoms with Crippen molar-refractivity contribution in [1.82, 2.24) is 29.4 Å². The molecule has 2 saturated heterocycles. The Morgan fingerprint density at radius 1 is 1.03 bits per heavy atom. The Morgan fingerprint density at radius 2 is 1.81 bits per heavy atom. The average Bonchev–Trinajstić information content (AvgIpc) is 3.78. The number of likely N-dealkylation sites (N-methyl/N-ethyl adjacent to an activating group) is 1. The second-order valence-corrected chi connectivity index (χ2v) is 21.6. The first kappa shape index (κ1) is 46.6. The molecule has 17 heteroatoms. The number of carbonyl (C=O) groups excluding carboxylic acids is 1. The third-order valence-corrected chi connectivity index (χ3v) is 15.7. The van der Waals surface area contributed by atoms with Crippen molar-refractivity contribution in [3.63, 3.8) is 0 Å². The van der Waals surface area contributed by atoms with Crippen LogP contribution in [0.2, 0.25) is 5.02 Å². The van der Waals surface area contributed by atoms with E-state index in [0.29, 0.717) is 36.0 Å². The zero-order valence-corrected chi connectivity index (χ0v) is 40.2. The first-order chi connectivity index (χ1) is 32.1. The fourth-order valence-electron chi connectivity index (χ4n) is 9.91. The number of carbonyl (C=O) groups is 1. The van der Waals surface area contributed by atoms with Gasteiger partial charge in [-0.3, -0.25) is 19.8 Å². The molecule has 2 aromatic heterocycles. The number of ether oxygens (including phenoxy) is 2. The summed E-state index contributed by atoms with van der Waals surface area (Å²) in [6.45, 7) is 14.9. The predicted octanol–water partition coefficient (Wildman–Crippen LogP) is 8.40. The lowest BCUT2D eigenvalue weighted by Crippen LogP contribution is -2.50. The molecule has 0 unspecified atom stereocenters. The van der Waals surface area contributed by atoms with Crippen LogP contribution >= 0.6 is 11.6 Å². The SMILES string of the molecule is C[C@H]1CN(CC[C@@H]2COc3cc(S(=O)(=O)NC(=O)c4ccc(N5CCN(CC6=C(c7ccc(Cl)cc7)CC(C)(C)CC6)CC5)cc4Oc4cnc5[nH]ccc5c4)cc([N+](=O)[O-])c3C2)CCN1C. The number of piperazine rings is 2. The standard InChI is InChI=1S/C50H59ClN8O7S/c1-33-30-56(18-17-55(33)4)16-13-34-23-43-45(59(61)62)26-41(27-46(43)65-32-34)67(63,64)54-49(60)42-10-9-39(25-47(42)66-40-24-36-12-15-52-48(36)53-29-40)58-21-19-57(20-22-58)31-37-11-14-50(2,3)28-44(37)35-5-7-38(51)8-6-35/h5-10,12,15,24-27,29,33-34H,11,13-14,16-23,28,30-32H2,1-4H3,(H,52,53)(H,54,60)/t33-,34-/m0/s1. The van der Waals surface area contributed by atoms with Crippen LogP contribution in [0.1, 0.15) is 67.9 Å². The second-order valence-electron chi connectivity index (χ2n) is 19.5. The summed E-state index contributed by atoms with van der Waals surface area (Å²) in [6, 6.07) is 19.7. The second kappa shape index (κ2) is 19.2. The molecule has 4 aliphatic rings. The molecule has 0 spiro atoms. The van der Waals surface area contributed by atoms with Crippen LogP contribution in [-0.2, 0) is 16.4 Å². The van der Waals surface area contributed by atoms with Crippen molar-refractivity contribution >= 4 is 55.5 Å². The van der Waals surface area contributed by atoms with Crippen LogP contribution in [0.4, 0.5) is 11.4 Å². The minimum absolute atomic E-state index is 0.0303. The fraction of sp³-hybridized carbons (Fsp3) is 0.440. The minimum atomic E-state index is -4.63. The molecule has 2 fully saturated rings. The Labute approximate surface area is 397 Å². The number of rotatable bonds is 13. The zero-order chi connectivity index (χ0) is 47.0. The molecule has 1 aliphatic carbocycles. The molecule has 2 N–H and O–H groups in total. The maximum absolute atomic E-state index is 14.1. The van der Waals surface area contributed by atoms with Gasteiger partial charge < -0.3 is 29.2 Å². The number of pyridine rings is 1. The van der Waals surface area contributed by atoms with Gasteiger partial charge in [0, 0.05) is 98.9 Å². The summed E-state index contributed by atoms with van der Waals surface area (Å²) in [7, 11) is -2.50. The van der Waals surface area contributed by atoms with E-state index in [0.717, 1.165) is 107 Å². The van der Waals surface area contributed by atoms with E-state index in [2.05, 4.69) is 74.2 Å². The number of anilines is 1. The van der Waals surface area contributed by atoms with E-state index in [9.17, 15) is 23.3 Å². The lowest BCUT2D eigenvalue weighted by Gasteiger charge is -2.39. The Balaban J connectivity index is 0.919. The first-order valence-electron chi connectivity index (χ1n) is 23.2. The van der Waals surface area contributed by atoms with Crippen molar-refractivity contribution in [2.45, 2.75) is 63.8 Å². The summed E-state index contributed by atoms with van der Waals surface area (Å²) in [5.74, 6) is -0.312. The molecule has 0 saturated carbocycles. The summed E-state index contributed by atoms with van der Waals surface area (Å²) >= 11 is 6.26. The molecule has 3 aliphatic heterocycles. The third kappa shape index (κ3) is 10.6. The van der Waals surface area contributed by atoms with Gasteiger partial charge >= 0.3 is 0 Å². The van der Waals surface area contributed by atoms with E-state index in [-0.39, 0.29) is 34.1 Å². The number of sulfonamides is 1. The number of halogens is 1. The number of aromatic amines is 1. The predicted molar refractivity (Wildman–Crippen MR) is 261 cm³/mol. The number of benzene rings is 3. The monoisotopic (exact) mass is 950 g/mol. The molecule has 5 heterocycles. The lowest BCUT2D eigenvalue weighted by molar-refractivity contribution is -0.386. The van der Waals surface area contributed by atoms with Crippen molar-refractivity contribution < 1.29 is 27.6 Å². The minimum Gasteiger partial charge on any atom is -0.493 e. The van der Waals surface area contributed by atoms with Crippen molar-refractivity contribution in [3.05, 3.63) is 117 Å². The number of nitrogens with zero attached hydrogens (tertiary/aromatic N) is 6. The first-order valence-corrected chi connectivity index (χ1v) is 25.1. The zero-order valence-electron chi connectivity index (χ0n) is 38.6. The summed E-state index contributed by atoms with van der Waals surface area (Å²) in [6.07, 6.45) is 7.67. The smallest absolute Gasteiger partial charge is 0.277 e. The van der Waals surface area contributed by atoms with E-state index < -0.39 is 25.7 Å². The average molecular weight is 952 g/mol. The van der Waals surface area contributed by atoms with Gasteiger partial charge in [-0.1, -0.05) is 43.2 Å². The van der Waals surface area contributed by atoms with Gasteiger partial charge in [-0.2, -0.15) is 0 Å². The largest absolute Gasteiger partial charge is 0.493 e. The summed E-state index contributed by atoms with van der Waals surface area (Å²) < 4.78 is 42.6. The molecule has 0 bridgehead atoms. The number of hydrogen-bond donors (Lipinski definition) is 2. The normalized spacial score (nSPS) is 20.6. The number of nitro groups is 1. The van der Waals surface area contributed by atoms with Crippen molar-refractivity contribution in [2.24, 2.45) is 11.3 Å². The molecule has 0 radical (unpaired) electrons. The van der Waals surface area contributed by atoms with Crippen LogP contribution in [0.5, 0.6) is 17.2 Å². The summed E-state index contributed by atoms with van der Waals surface area (Å²) in [4.78, 5) is 42.5. The van der Waals surface area contributed by atoms with Gasteiger partial charge in [-0.05, 0) is 111 Å². The van der Waals surface area contributed by atoms with Crippen LogP contribution in [-0.4, -0.2) is 123 Å². The van der Waals surface area contributed by atoms with Gasteiger partial charge in [0.15, 0.2) is 0 Å². The Kier molecular flexibility index (Phi) is 13.4. The molecule has 3 aromatic carbocycles. The van der Waals surface area contributed by atoms with E-state index in [1.165, 1.54) is 29.0 Å². The third-order valence-electron chi connectivity index (χ3n) is 14.1. The fourth-order valence-corrected chi connectivity index (χ4v) is 11.0. The van der Waals surface area contributed by atoms with E-state index in [4.69, 9.17) is 21.1 Å². The molecule has 15 nitrogen and oxygen atoms in total. The van der Waals surface area contributed by atoms with Gasteiger partial charge in [0.2, 0.25) is 0 Å². The molecule has 9 rings (SSSR count).